The largest absolute Gasteiger partial charge is 0.311 e. The molecule has 1 heterocycles. The molecule has 1 aliphatic heterocycles. The highest BCUT2D eigenvalue weighted by molar-refractivity contribution is 6.30. The van der Waals surface area contributed by atoms with Crippen molar-refractivity contribution in [2.75, 3.05) is 24.5 Å². The Morgan fingerprint density at radius 2 is 1.94 bits per heavy atom. The maximum Gasteiger partial charge on any atom is 0.240 e. The average Bonchev–Trinajstić information content (AvgIpc) is 2.26. The van der Waals surface area contributed by atoms with Crippen molar-refractivity contribution >= 4 is 23.2 Å². The maximum atomic E-state index is 11.9. The Morgan fingerprint density at radius 1 is 1.19 bits per heavy atom. The zero-order valence-electron chi connectivity index (χ0n) is 9.08. The maximum absolute atomic E-state index is 11.9. The summed E-state index contributed by atoms with van der Waals surface area (Å²) in [5, 5.41) is 3.83. The van der Waals surface area contributed by atoms with Gasteiger partial charge in [0.25, 0.3) is 0 Å². The van der Waals surface area contributed by atoms with Gasteiger partial charge in [0.15, 0.2) is 0 Å². The third kappa shape index (κ3) is 2.74. The summed E-state index contributed by atoms with van der Waals surface area (Å²) in [6, 6.07) is 7.41. The molecule has 1 N–H and O–H groups in total. The molecule has 2 rings (SSSR count). The van der Waals surface area contributed by atoms with E-state index in [4.69, 9.17) is 11.6 Å². The summed E-state index contributed by atoms with van der Waals surface area (Å²) in [6.45, 7) is 2.14. The number of anilines is 1. The second-order valence-electron chi connectivity index (χ2n) is 3.91. The first-order valence-corrected chi connectivity index (χ1v) is 5.92. The summed E-state index contributed by atoms with van der Waals surface area (Å²) in [5.41, 5.74) is 0.929. The molecule has 1 aliphatic rings. The predicted octanol–water partition coefficient (Wildman–Crippen LogP) is 2.06. The second-order valence-corrected chi connectivity index (χ2v) is 4.34. The molecule has 3 nitrogen and oxygen atoms in total. The van der Waals surface area contributed by atoms with E-state index in [2.05, 4.69) is 5.32 Å². The minimum Gasteiger partial charge on any atom is -0.311 e. The number of amides is 1. The zero-order chi connectivity index (χ0) is 11.4. The van der Waals surface area contributed by atoms with Crippen molar-refractivity contribution < 1.29 is 4.79 Å². The standard InChI is InChI=1S/C12H15ClN2O/c13-10-3-5-11(6-4-10)15-8-2-1-7-14-9-12(15)16/h3-6,14H,1-2,7-9H2. The van der Waals surface area contributed by atoms with Gasteiger partial charge < -0.3 is 10.2 Å². The van der Waals surface area contributed by atoms with Gasteiger partial charge in [-0.15, -0.1) is 0 Å². The fourth-order valence-electron chi connectivity index (χ4n) is 1.83. The lowest BCUT2D eigenvalue weighted by molar-refractivity contribution is -0.118. The van der Waals surface area contributed by atoms with Crippen molar-refractivity contribution in [2.45, 2.75) is 12.8 Å². The number of benzene rings is 1. The topological polar surface area (TPSA) is 32.3 Å². The van der Waals surface area contributed by atoms with Gasteiger partial charge in [0, 0.05) is 17.3 Å². The van der Waals surface area contributed by atoms with Crippen LogP contribution in [-0.4, -0.2) is 25.5 Å². The number of hydrogen-bond donors (Lipinski definition) is 1. The Kier molecular flexibility index (Phi) is 3.80. The quantitative estimate of drug-likeness (QED) is 0.812. The summed E-state index contributed by atoms with van der Waals surface area (Å²) in [5.74, 6) is 0.127. The number of carbonyl (C=O) groups excluding carboxylic acids is 1. The van der Waals surface area contributed by atoms with Crippen LogP contribution in [0.5, 0.6) is 0 Å². The van der Waals surface area contributed by atoms with Gasteiger partial charge >= 0.3 is 0 Å². The fraction of sp³-hybridized carbons (Fsp3) is 0.417. The summed E-state index contributed by atoms with van der Waals surface area (Å²) >= 11 is 5.83. The van der Waals surface area contributed by atoms with E-state index in [1.54, 1.807) is 0 Å². The lowest BCUT2D eigenvalue weighted by Gasteiger charge is -2.25. The highest BCUT2D eigenvalue weighted by atomic mass is 35.5. The minimum absolute atomic E-state index is 0.127. The normalized spacial score (nSPS) is 18.1. The molecule has 0 aliphatic carbocycles. The smallest absolute Gasteiger partial charge is 0.240 e. The molecule has 0 unspecified atom stereocenters. The molecule has 0 bridgehead atoms. The molecular weight excluding hydrogens is 224 g/mol. The number of nitrogens with one attached hydrogen (secondary N) is 1. The van der Waals surface area contributed by atoms with E-state index in [0.29, 0.717) is 11.6 Å². The Morgan fingerprint density at radius 3 is 2.69 bits per heavy atom. The monoisotopic (exact) mass is 238 g/mol. The molecule has 1 aromatic carbocycles. The van der Waals surface area contributed by atoms with E-state index >= 15 is 0 Å². The number of halogens is 1. The zero-order valence-corrected chi connectivity index (χ0v) is 9.83. The van der Waals surface area contributed by atoms with Gasteiger partial charge in [0.05, 0.1) is 6.54 Å². The molecule has 0 aromatic heterocycles. The SMILES string of the molecule is O=C1CNCCCCN1c1ccc(Cl)cc1. The molecule has 1 fully saturated rings. The summed E-state index contributed by atoms with van der Waals surface area (Å²) in [6.07, 6.45) is 2.14. The van der Waals surface area contributed by atoms with Gasteiger partial charge in [-0.25, -0.2) is 0 Å². The van der Waals surface area contributed by atoms with E-state index in [9.17, 15) is 4.79 Å². The summed E-state index contributed by atoms with van der Waals surface area (Å²) < 4.78 is 0. The molecule has 0 saturated carbocycles. The molecule has 0 radical (unpaired) electrons. The summed E-state index contributed by atoms with van der Waals surface area (Å²) in [7, 11) is 0. The van der Waals surface area contributed by atoms with Crippen LogP contribution in [0.1, 0.15) is 12.8 Å². The van der Waals surface area contributed by atoms with Gasteiger partial charge in [-0.2, -0.15) is 0 Å². The van der Waals surface area contributed by atoms with Crippen molar-refractivity contribution in [2.24, 2.45) is 0 Å². The molecule has 4 heteroatoms. The van der Waals surface area contributed by atoms with Gasteiger partial charge in [-0.1, -0.05) is 11.6 Å². The number of nitrogens with zero attached hydrogens (tertiary/aromatic N) is 1. The molecule has 16 heavy (non-hydrogen) atoms. The minimum atomic E-state index is 0.127. The van der Waals surface area contributed by atoms with Crippen LogP contribution in [0.15, 0.2) is 24.3 Å². The van der Waals surface area contributed by atoms with Crippen molar-refractivity contribution in [3.63, 3.8) is 0 Å². The summed E-state index contributed by atoms with van der Waals surface area (Å²) in [4.78, 5) is 13.7. The fourth-order valence-corrected chi connectivity index (χ4v) is 1.96. The van der Waals surface area contributed by atoms with Crippen molar-refractivity contribution in [3.8, 4) is 0 Å². The van der Waals surface area contributed by atoms with E-state index in [1.165, 1.54) is 0 Å². The molecule has 1 saturated heterocycles. The molecule has 1 aromatic rings. The van der Waals surface area contributed by atoms with Crippen molar-refractivity contribution in [1.29, 1.82) is 0 Å². The Hall–Kier alpha value is -1.06. The predicted molar refractivity (Wildman–Crippen MR) is 65.9 cm³/mol. The Balaban J connectivity index is 2.15. The van der Waals surface area contributed by atoms with Crippen LogP contribution < -0.4 is 10.2 Å². The number of hydrogen-bond acceptors (Lipinski definition) is 2. The Labute approximate surface area is 100 Å². The van der Waals surface area contributed by atoms with Crippen LogP contribution in [-0.2, 0) is 4.79 Å². The van der Waals surface area contributed by atoms with Crippen LogP contribution >= 0.6 is 11.6 Å². The third-order valence-corrected chi connectivity index (χ3v) is 2.95. The van der Waals surface area contributed by atoms with E-state index in [1.807, 2.05) is 29.2 Å². The molecule has 0 atom stereocenters. The van der Waals surface area contributed by atoms with Crippen LogP contribution in [0, 0.1) is 0 Å². The molecule has 0 spiro atoms. The highest BCUT2D eigenvalue weighted by Gasteiger charge is 2.16. The lowest BCUT2D eigenvalue weighted by Crippen LogP contribution is -2.41. The van der Waals surface area contributed by atoms with Gasteiger partial charge in [0.1, 0.15) is 0 Å². The van der Waals surface area contributed by atoms with Crippen LogP contribution in [0.25, 0.3) is 0 Å². The van der Waals surface area contributed by atoms with Crippen molar-refractivity contribution in [3.05, 3.63) is 29.3 Å². The Bertz CT molecular complexity index is 364. The number of carbonyl (C=O) groups is 1. The van der Waals surface area contributed by atoms with Gasteiger partial charge in [0.2, 0.25) is 5.91 Å². The van der Waals surface area contributed by atoms with Gasteiger partial charge in [-0.3, -0.25) is 4.79 Å². The first kappa shape index (κ1) is 11.4. The van der Waals surface area contributed by atoms with Crippen molar-refractivity contribution in [1.82, 2.24) is 5.32 Å². The molecular formula is C12H15ClN2O. The highest BCUT2D eigenvalue weighted by Crippen LogP contribution is 2.19. The van der Waals surface area contributed by atoms with E-state index in [-0.39, 0.29) is 5.91 Å². The van der Waals surface area contributed by atoms with E-state index < -0.39 is 0 Å². The third-order valence-electron chi connectivity index (χ3n) is 2.70. The van der Waals surface area contributed by atoms with Crippen LogP contribution in [0.2, 0.25) is 5.02 Å². The lowest BCUT2D eigenvalue weighted by atomic mass is 10.2. The number of rotatable bonds is 1. The van der Waals surface area contributed by atoms with Crippen LogP contribution in [0.4, 0.5) is 5.69 Å². The first-order valence-electron chi connectivity index (χ1n) is 5.54. The first-order chi connectivity index (χ1) is 7.77. The van der Waals surface area contributed by atoms with E-state index in [0.717, 1.165) is 31.6 Å². The molecule has 86 valence electrons. The molecule has 1 amide bonds. The van der Waals surface area contributed by atoms with Gasteiger partial charge in [-0.05, 0) is 43.7 Å². The second kappa shape index (κ2) is 5.32. The van der Waals surface area contributed by atoms with Crippen LogP contribution in [0.3, 0.4) is 0 Å². The average molecular weight is 239 g/mol.